The standard InChI is InChI=1S/C27H29N3O4.Na/c1-18-5-11-23(19(2)15-18)30-26(33)29-22-9-6-20(7-10-22)21-8-12-24(28-16-21)34-17-27(25(31)32)13-3-4-14-27;/h5-12,15-16H,3-4,13-14,17H2,1-2H3,(H,31,32)(H2,29,30,33);. The molecule has 8 heteroatoms. The maximum Gasteiger partial charge on any atom is 0.323 e. The number of nitrogens with one attached hydrogen (secondary N) is 2. The molecule has 2 amide bonds. The molecule has 4 rings (SSSR count). The van der Waals surface area contributed by atoms with Crippen LogP contribution in [0.15, 0.2) is 60.8 Å². The van der Waals surface area contributed by atoms with Crippen LogP contribution in [-0.2, 0) is 4.79 Å². The Morgan fingerprint density at radius 3 is 2.26 bits per heavy atom. The van der Waals surface area contributed by atoms with Crippen LogP contribution in [0.25, 0.3) is 11.1 Å². The molecule has 3 N–H and O–H groups in total. The van der Waals surface area contributed by atoms with E-state index in [0.717, 1.165) is 40.8 Å². The number of carboxylic acids is 1. The average Bonchev–Trinajstić information content (AvgIpc) is 3.31. The summed E-state index contributed by atoms with van der Waals surface area (Å²) < 4.78 is 5.73. The Balaban J connectivity index is 0.00000342. The van der Waals surface area contributed by atoms with Gasteiger partial charge in [-0.3, -0.25) is 4.79 Å². The van der Waals surface area contributed by atoms with E-state index in [1.165, 1.54) is 0 Å². The number of urea groups is 1. The monoisotopic (exact) mass is 482 g/mol. The summed E-state index contributed by atoms with van der Waals surface area (Å²) in [6.45, 7) is 4.11. The molecule has 0 saturated heterocycles. The largest absolute Gasteiger partial charge is 0.481 e. The van der Waals surface area contributed by atoms with Crippen molar-refractivity contribution in [2.45, 2.75) is 39.5 Å². The number of aliphatic carboxylic acids is 1. The van der Waals surface area contributed by atoms with Gasteiger partial charge in [-0.05, 0) is 62.1 Å². The van der Waals surface area contributed by atoms with E-state index in [2.05, 4.69) is 15.6 Å². The number of carbonyl (C=O) groups is 2. The molecule has 1 aromatic heterocycles. The van der Waals surface area contributed by atoms with E-state index in [4.69, 9.17) is 4.74 Å². The Labute approximate surface area is 227 Å². The molecule has 0 atom stereocenters. The van der Waals surface area contributed by atoms with Gasteiger partial charge < -0.3 is 20.5 Å². The van der Waals surface area contributed by atoms with Crippen LogP contribution in [-0.4, -0.2) is 58.3 Å². The third-order valence-corrected chi connectivity index (χ3v) is 6.35. The summed E-state index contributed by atoms with van der Waals surface area (Å²) >= 11 is 0. The zero-order valence-corrected chi connectivity index (χ0v) is 22.4. The Hall–Kier alpha value is -2.87. The number of nitrogens with zero attached hydrogens (tertiary/aromatic N) is 1. The van der Waals surface area contributed by atoms with Crippen LogP contribution in [0.5, 0.6) is 5.88 Å². The summed E-state index contributed by atoms with van der Waals surface area (Å²) in [5.74, 6) is -0.379. The molecule has 2 aromatic carbocycles. The molecule has 1 saturated carbocycles. The minimum atomic E-state index is -0.798. The van der Waals surface area contributed by atoms with Crippen molar-refractivity contribution in [3.63, 3.8) is 0 Å². The first kappa shape index (κ1) is 26.7. The second-order valence-electron chi connectivity index (χ2n) is 8.94. The number of aromatic nitrogens is 1. The van der Waals surface area contributed by atoms with E-state index in [-0.39, 0.29) is 42.2 Å². The number of ether oxygens (including phenoxy) is 1. The number of hydrogen-bond donors (Lipinski definition) is 3. The summed E-state index contributed by atoms with van der Waals surface area (Å²) in [6.07, 6.45) is 4.82. The summed E-state index contributed by atoms with van der Waals surface area (Å²) in [5.41, 5.74) is 4.64. The van der Waals surface area contributed by atoms with Crippen LogP contribution < -0.4 is 15.4 Å². The van der Waals surface area contributed by atoms with Crippen molar-refractivity contribution < 1.29 is 19.4 Å². The zero-order chi connectivity index (χ0) is 24.1. The van der Waals surface area contributed by atoms with Crippen molar-refractivity contribution in [3.05, 3.63) is 71.9 Å². The van der Waals surface area contributed by atoms with Crippen molar-refractivity contribution in [3.8, 4) is 17.0 Å². The number of carboxylic acid groups (broad SMARTS) is 1. The SMILES string of the molecule is Cc1ccc(NC(=O)Nc2ccc(-c3ccc(OCC4(C(=O)O)CCCC4)nc3)cc2)c(C)c1.[Na]. The van der Waals surface area contributed by atoms with E-state index in [1.54, 1.807) is 12.3 Å². The molecule has 1 fully saturated rings. The van der Waals surface area contributed by atoms with E-state index in [0.29, 0.717) is 24.4 Å². The summed E-state index contributed by atoms with van der Waals surface area (Å²) in [7, 11) is 0. The number of rotatable bonds is 7. The minimum Gasteiger partial charge on any atom is -0.481 e. The van der Waals surface area contributed by atoms with Crippen LogP contribution in [0.2, 0.25) is 0 Å². The maximum atomic E-state index is 12.4. The molecule has 0 unspecified atom stereocenters. The van der Waals surface area contributed by atoms with Crippen molar-refractivity contribution in [1.29, 1.82) is 0 Å². The van der Waals surface area contributed by atoms with Crippen molar-refractivity contribution in [2.24, 2.45) is 5.41 Å². The number of pyridine rings is 1. The second kappa shape index (κ2) is 11.7. The van der Waals surface area contributed by atoms with Crippen LogP contribution in [0.3, 0.4) is 0 Å². The Kier molecular flexibility index (Phi) is 8.94. The van der Waals surface area contributed by atoms with Gasteiger partial charge in [0.05, 0.1) is 0 Å². The molecule has 1 aliphatic carbocycles. The van der Waals surface area contributed by atoms with Gasteiger partial charge in [0.1, 0.15) is 12.0 Å². The molecule has 1 aliphatic rings. The predicted octanol–water partition coefficient (Wildman–Crippen LogP) is 5.65. The third kappa shape index (κ3) is 6.63. The van der Waals surface area contributed by atoms with Gasteiger partial charge in [0.15, 0.2) is 0 Å². The number of amides is 2. The van der Waals surface area contributed by atoms with Gasteiger partial charge in [0.2, 0.25) is 5.88 Å². The smallest absolute Gasteiger partial charge is 0.323 e. The van der Waals surface area contributed by atoms with Crippen molar-refractivity contribution in [2.75, 3.05) is 17.2 Å². The van der Waals surface area contributed by atoms with Gasteiger partial charge in [-0.15, -0.1) is 0 Å². The molecule has 0 bridgehead atoms. The molecular formula is C27H29N3NaO4. The fourth-order valence-electron chi connectivity index (χ4n) is 4.30. The van der Waals surface area contributed by atoms with Gasteiger partial charge >= 0.3 is 12.0 Å². The summed E-state index contributed by atoms with van der Waals surface area (Å²) in [4.78, 5) is 28.4. The Morgan fingerprint density at radius 1 is 0.971 bits per heavy atom. The predicted molar refractivity (Wildman–Crippen MR) is 138 cm³/mol. The van der Waals surface area contributed by atoms with Crippen LogP contribution in [0.1, 0.15) is 36.8 Å². The van der Waals surface area contributed by atoms with Crippen LogP contribution in [0.4, 0.5) is 16.2 Å². The van der Waals surface area contributed by atoms with Gasteiger partial charge in [-0.1, -0.05) is 42.7 Å². The molecule has 1 radical (unpaired) electrons. The first-order valence-electron chi connectivity index (χ1n) is 11.4. The number of benzene rings is 2. The number of anilines is 2. The van der Waals surface area contributed by atoms with Gasteiger partial charge in [-0.2, -0.15) is 0 Å². The fraction of sp³-hybridized carbons (Fsp3) is 0.296. The van der Waals surface area contributed by atoms with Gasteiger partial charge in [-0.25, -0.2) is 9.78 Å². The Bertz CT molecular complexity index is 1170. The van der Waals surface area contributed by atoms with E-state index in [1.807, 2.05) is 62.4 Å². The van der Waals surface area contributed by atoms with Crippen LogP contribution >= 0.6 is 0 Å². The Morgan fingerprint density at radius 2 is 1.66 bits per heavy atom. The average molecular weight is 483 g/mol. The molecule has 0 aliphatic heterocycles. The van der Waals surface area contributed by atoms with E-state index in [9.17, 15) is 14.7 Å². The minimum absolute atomic E-state index is 0. The van der Waals surface area contributed by atoms with Crippen molar-refractivity contribution >= 4 is 52.9 Å². The number of hydrogen-bond acceptors (Lipinski definition) is 4. The van der Waals surface area contributed by atoms with Gasteiger partial charge in [0.25, 0.3) is 0 Å². The van der Waals surface area contributed by atoms with Gasteiger partial charge in [0, 0.05) is 58.8 Å². The first-order valence-corrected chi connectivity index (χ1v) is 11.4. The first-order chi connectivity index (χ1) is 16.3. The number of carbonyl (C=O) groups excluding carboxylic acids is 1. The quantitative estimate of drug-likeness (QED) is 0.378. The fourth-order valence-corrected chi connectivity index (χ4v) is 4.30. The second-order valence-corrected chi connectivity index (χ2v) is 8.94. The van der Waals surface area contributed by atoms with E-state index < -0.39 is 11.4 Å². The third-order valence-electron chi connectivity index (χ3n) is 6.35. The molecule has 35 heavy (non-hydrogen) atoms. The zero-order valence-electron chi connectivity index (χ0n) is 20.4. The molecule has 7 nitrogen and oxygen atoms in total. The maximum absolute atomic E-state index is 12.4. The molecule has 177 valence electrons. The molecule has 3 aromatic rings. The van der Waals surface area contributed by atoms with E-state index >= 15 is 0 Å². The number of aryl methyl sites for hydroxylation is 2. The summed E-state index contributed by atoms with van der Waals surface area (Å²) in [6, 6.07) is 16.7. The summed E-state index contributed by atoms with van der Waals surface area (Å²) in [5, 5.41) is 15.3. The van der Waals surface area contributed by atoms with Crippen LogP contribution in [0, 0.1) is 19.3 Å². The normalized spacial score (nSPS) is 14.0. The topological polar surface area (TPSA) is 101 Å². The molecular weight excluding hydrogens is 453 g/mol. The molecule has 1 heterocycles. The molecule has 0 spiro atoms. The van der Waals surface area contributed by atoms with Crippen molar-refractivity contribution in [1.82, 2.24) is 4.98 Å².